The van der Waals surface area contributed by atoms with Gasteiger partial charge in [-0.15, -0.1) is 0 Å². The zero-order valence-electron chi connectivity index (χ0n) is 16.3. The van der Waals surface area contributed by atoms with Crippen molar-refractivity contribution >= 4 is 39.5 Å². The van der Waals surface area contributed by atoms with E-state index in [-0.39, 0.29) is 34.2 Å². The monoisotopic (exact) mass is 443 g/mol. The average molecular weight is 444 g/mol. The highest BCUT2D eigenvalue weighted by Gasteiger charge is 2.48. The predicted octanol–water partition coefficient (Wildman–Crippen LogP) is 0.982. The third-order valence-corrected chi connectivity index (χ3v) is 8.52. The van der Waals surface area contributed by atoms with Gasteiger partial charge in [0, 0.05) is 17.0 Å². The Bertz CT molecular complexity index is 870. The number of rotatable bonds is 5. The van der Waals surface area contributed by atoms with Crippen molar-refractivity contribution in [3.05, 3.63) is 16.5 Å². The lowest BCUT2D eigenvalue weighted by atomic mass is 9.84. The van der Waals surface area contributed by atoms with Gasteiger partial charge in [0.05, 0.1) is 19.2 Å². The lowest BCUT2D eigenvalue weighted by molar-refractivity contribution is -0.139. The number of amides is 2. The highest BCUT2D eigenvalue weighted by Crippen LogP contribution is 2.40. The Kier molecular flexibility index (Phi) is 6.42. The molecule has 2 amide bonds. The molecule has 4 atom stereocenters. The number of methoxy groups -OCH3 is 1. The van der Waals surface area contributed by atoms with Gasteiger partial charge in [-0.3, -0.25) is 9.59 Å². The SMILES string of the molecule is COC(=O)c1cc([S+](=O)([O-])NC(=O)[C@@H]2C[C@@H]3CCCC[C@@H]3N2C(=O)CN)sc1C. The molecule has 3 N–H and O–H groups in total. The maximum absolute atomic E-state index is 12.9. The molecule has 160 valence electrons. The van der Waals surface area contributed by atoms with Gasteiger partial charge in [-0.05, 0) is 32.1 Å². The van der Waals surface area contributed by atoms with Crippen molar-refractivity contribution in [1.82, 2.24) is 9.62 Å². The summed E-state index contributed by atoms with van der Waals surface area (Å²) in [6.45, 7) is 1.37. The molecule has 1 aliphatic carbocycles. The minimum Gasteiger partial charge on any atom is -0.588 e. The first-order valence-corrected chi connectivity index (χ1v) is 11.8. The number of carbonyl (C=O) groups excluding carboxylic acids is 3. The van der Waals surface area contributed by atoms with E-state index in [1.165, 1.54) is 18.1 Å². The maximum atomic E-state index is 12.9. The summed E-state index contributed by atoms with van der Waals surface area (Å²) < 4.78 is 32.0. The number of fused-ring (bicyclic) bond motifs is 1. The molecule has 1 aliphatic heterocycles. The Balaban J connectivity index is 1.81. The van der Waals surface area contributed by atoms with Gasteiger partial charge in [0.15, 0.2) is 10.4 Å². The van der Waals surface area contributed by atoms with E-state index in [0.29, 0.717) is 11.3 Å². The molecular formula is C18H25N3O6S2. The molecule has 29 heavy (non-hydrogen) atoms. The topological polar surface area (TPSA) is 142 Å². The number of hydrogen-bond donors (Lipinski definition) is 2. The fraction of sp³-hybridized carbons (Fsp3) is 0.611. The third-order valence-electron chi connectivity index (χ3n) is 5.65. The molecule has 2 fully saturated rings. The van der Waals surface area contributed by atoms with Crippen LogP contribution in [0.25, 0.3) is 0 Å². The normalized spacial score (nSPS) is 25.8. The fourth-order valence-corrected chi connectivity index (χ4v) is 6.75. The standard InChI is InChI=1S/C18H25N3O6S2/c1-10-12(18(24)27-2)8-16(28-10)29(25,26)20-17(23)14-7-11-5-3-4-6-13(11)21(14)15(22)9-19/h8,11,13-14H,3-7,9,19H2,1-2H3,(H-,20,23,25,26)/t11-,13-,14-/m0/s1. The van der Waals surface area contributed by atoms with Crippen LogP contribution in [0.4, 0.5) is 0 Å². The van der Waals surface area contributed by atoms with E-state index in [0.717, 1.165) is 37.0 Å². The van der Waals surface area contributed by atoms with Crippen molar-refractivity contribution in [3.8, 4) is 0 Å². The first kappa shape index (κ1) is 21.9. The molecule has 1 saturated heterocycles. The second-order valence-electron chi connectivity index (χ2n) is 7.37. The minimum absolute atomic E-state index is 0.0758. The van der Waals surface area contributed by atoms with E-state index >= 15 is 0 Å². The van der Waals surface area contributed by atoms with Gasteiger partial charge in [-0.2, -0.15) is 4.72 Å². The summed E-state index contributed by atoms with van der Waals surface area (Å²) in [7, 11) is -2.98. The number of hydrogen-bond acceptors (Lipinski definition) is 8. The van der Waals surface area contributed by atoms with E-state index in [9.17, 15) is 23.1 Å². The number of nitrogens with zero attached hydrogens (tertiary/aromatic N) is 1. The van der Waals surface area contributed by atoms with Crippen LogP contribution in [0.15, 0.2) is 10.3 Å². The van der Waals surface area contributed by atoms with Crippen LogP contribution in [0.1, 0.15) is 47.3 Å². The van der Waals surface area contributed by atoms with Crippen molar-refractivity contribution in [3.63, 3.8) is 0 Å². The molecule has 3 rings (SSSR count). The van der Waals surface area contributed by atoms with Crippen molar-refractivity contribution in [2.45, 2.75) is 55.3 Å². The first-order chi connectivity index (χ1) is 13.7. The maximum Gasteiger partial charge on any atom is 0.339 e. The van der Waals surface area contributed by atoms with Gasteiger partial charge in [0.2, 0.25) is 10.1 Å². The second-order valence-corrected chi connectivity index (χ2v) is 10.5. The van der Waals surface area contributed by atoms with Crippen LogP contribution in [0.3, 0.4) is 0 Å². The van der Waals surface area contributed by atoms with Gasteiger partial charge < -0.3 is 19.9 Å². The van der Waals surface area contributed by atoms with Gasteiger partial charge >= 0.3 is 5.97 Å². The average Bonchev–Trinajstić information content (AvgIpc) is 3.28. The van der Waals surface area contributed by atoms with Crippen LogP contribution < -0.4 is 10.5 Å². The molecule has 0 bridgehead atoms. The lowest BCUT2D eigenvalue weighted by Crippen LogP contribution is -2.53. The lowest BCUT2D eigenvalue weighted by Gasteiger charge is -2.33. The van der Waals surface area contributed by atoms with Crippen molar-refractivity contribution in [2.24, 2.45) is 11.7 Å². The van der Waals surface area contributed by atoms with Crippen LogP contribution in [0, 0.1) is 12.8 Å². The summed E-state index contributed by atoms with van der Waals surface area (Å²) in [6.07, 6.45) is 4.12. The zero-order chi connectivity index (χ0) is 21.3. The van der Waals surface area contributed by atoms with Crippen LogP contribution in [-0.2, 0) is 28.9 Å². The molecule has 1 aromatic heterocycles. The largest absolute Gasteiger partial charge is 0.588 e. The van der Waals surface area contributed by atoms with Crippen LogP contribution >= 0.6 is 11.3 Å². The second kappa shape index (κ2) is 8.50. The third kappa shape index (κ3) is 4.23. The quantitative estimate of drug-likeness (QED) is 0.510. The number of carbonyl (C=O) groups is 3. The van der Waals surface area contributed by atoms with E-state index in [2.05, 4.69) is 9.46 Å². The van der Waals surface area contributed by atoms with Crippen molar-refractivity contribution in [2.75, 3.05) is 13.7 Å². The Morgan fingerprint density at radius 2 is 2.07 bits per heavy atom. The van der Waals surface area contributed by atoms with Crippen LogP contribution in [-0.4, -0.2) is 53.0 Å². The van der Waals surface area contributed by atoms with Gasteiger partial charge in [-0.1, -0.05) is 28.4 Å². The van der Waals surface area contributed by atoms with Gasteiger partial charge in [0.25, 0.3) is 5.91 Å². The van der Waals surface area contributed by atoms with Gasteiger partial charge in [0.1, 0.15) is 6.04 Å². The van der Waals surface area contributed by atoms with E-state index in [1.807, 2.05) is 0 Å². The Morgan fingerprint density at radius 3 is 2.72 bits per heavy atom. The van der Waals surface area contributed by atoms with Crippen LogP contribution in [0.2, 0.25) is 0 Å². The number of likely N-dealkylation sites (tertiary alicyclic amines) is 1. The number of sulfonamides is 1. The molecule has 9 nitrogen and oxygen atoms in total. The fourth-order valence-electron chi connectivity index (χ4n) is 4.31. The molecule has 11 heteroatoms. The Hall–Kier alpha value is -1.82. The number of ether oxygens (including phenoxy) is 1. The number of thiophene rings is 1. The van der Waals surface area contributed by atoms with Crippen molar-refractivity contribution < 1.29 is 27.9 Å². The van der Waals surface area contributed by atoms with Crippen molar-refractivity contribution in [1.29, 1.82) is 0 Å². The molecule has 1 aromatic rings. The van der Waals surface area contributed by atoms with Crippen LogP contribution in [0.5, 0.6) is 0 Å². The molecule has 2 aliphatic rings. The summed E-state index contributed by atoms with van der Waals surface area (Å²) in [6, 6.07) is 0.252. The summed E-state index contributed by atoms with van der Waals surface area (Å²) in [4.78, 5) is 39.0. The number of nitrogens with one attached hydrogen (secondary N) is 1. The highest BCUT2D eigenvalue weighted by atomic mass is 32.3. The molecule has 1 saturated carbocycles. The first-order valence-electron chi connectivity index (χ1n) is 9.46. The number of aryl methyl sites for hydroxylation is 1. The molecule has 1 unspecified atom stereocenters. The van der Waals surface area contributed by atoms with E-state index < -0.39 is 28.3 Å². The minimum atomic E-state index is -4.19. The smallest absolute Gasteiger partial charge is 0.339 e. The molecule has 0 aromatic carbocycles. The zero-order valence-corrected chi connectivity index (χ0v) is 18.0. The molecule has 2 heterocycles. The molecule has 0 radical (unpaired) electrons. The Labute approximate surface area is 174 Å². The summed E-state index contributed by atoms with van der Waals surface area (Å²) >= 11 is 0.877. The van der Waals surface area contributed by atoms with Gasteiger partial charge in [-0.25, -0.2) is 4.79 Å². The molecule has 0 spiro atoms. The predicted molar refractivity (Wildman–Crippen MR) is 106 cm³/mol. The van der Waals surface area contributed by atoms with E-state index in [4.69, 9.17) is 5.73 Å². The number of nitrogens with two attached hydrogens (primary N) is 1. The summed E-state index contributed by atoms with van der Waals surface area (Å²) in [5.41, 5.74) is 5.67. The highest BCUT2D eigenvalue weighted by molar-refractivity contribution is 7.98. The summed E-state index contributed by atoms with van der Waals surface area (Å²) in [5.74, 6) is -1.57. The number of esters is 1. The molecular weight excluding hydrogens is 418 g/mol. The Morgan fingerprint density at radius 1 is 1.38 bits per heavy atom. The van der Waals surface area contributed by atoms with E-state index in [1.54, 1.807) is 6.92 Å². The summed E-state index contributed by atoms with van der Waals surface area (Å²) in [5, 5.41) is 0.